The van der Waals surface area contributed by atoms with E-state index in [1.54, 1.807) is 51.2 Å². The van der Waals surface area contributed by atoms with Crippen molar-refractivity contribution >= 4 is 34.9 Å². The lowest BCUT2D eigenvalue weighted by molar-refractivity contribution is 0.0636. The number of thiophene rings is 1. The summed E-state index contributed by atoms with van der Waals surface area (Å²) < 4.78 is 10.2. The molecule has 0 spiro atoms. The van der Waals surface area contributed by atoms with Gasteiger partial charge in [0.25, 0.3) is 0 Å². The maximum Gasteiger partial charge on any atom is 0.412 e. The van der Waals surface area contributed by atoms with Crippen molar-refractivity contribution in [1.82, 2.24) is 0 Å². The van der Waals surface area contributed by atoms with E-state index in [1.165, 1.54) is 0 Å². The Labute approximate surface area is 151 Å². The Morgan fingerprint density at radius 3 is 2.40 bits per heavy atom. The van der Waals surface area contributed by atoms with Gasteiger partial charge in [-0.15, -0.1) is 11.3 Å². The number of anilines is 2. The van der Waals surface area contributed by atoms with Gasteiger partial charge < -0.3 is 9.47 Å². The van der Waals surface area contributed by atoms with Crippen LogP contribution in [0.2, 0.25) is 0 Å². The molecule has 25 heavy (non-hydrogen) atoms. The smallest absolute Gasteiger partial charge is 0.412 e. The number of ether oxygens (including phenoxy) is 2. The van der Waals surface area contributed by atoms with Crippen molar-refractivity contribution in [2.75, 3.05) is 17.2 Å². The fraction of sp³-hybridized carbons (Fsp3) is 0.333. The third kappa shape index (κ3) is 5.79. The molecule has 2 N–H and O–H groups in total. The van der Waals surface area contributed by atoms with Crippen LogP contribution in [0, 0.1) is 0 Å². The molecule has 0 radical (unpaired) electrons. The average Bonchev–Trinajstić information content (AvgIpc) is 3.01. The molecule has 1 aromatic carbocycles. The topological polar surface area (TPSA) is 76.7 Å². The van der Waals surface area contributed by atoms with Gasteiger partial charge in [-0.05, 0) is 56.8 Å². The van der Waals surface area contributed by atoms with E-state index in [2.05, 4.69) is 10.6 Å². The van der Waals surface area contributed by atoms with E-state index in [9.17, 15) is 9.59 Å². The van der Waals surface area contributed by atoms with E-state index < -0.39 is 17.8 Å². The van der Waals surface area contributed by atoms with Gasteiger partial charge in [-0.2, -0.15) is 0 Å². The van der Waals surface area contributed by atoms with Crippen LogP contribution in [0.4, 0.5) is 21.0 Å². The van der Waals surface area contributed by atoms with E-state index in [1.807, 2.05) is 23.6 Å². The number of rotatable bonds is 4. The van der Waals surface area contributed by atoms with Gasteiger partial charge in [-0.1, -0.05) is 12.1 Å². The first kappa shape index (κ1) is 18.8. The molecule has 2 rings (SSSR count). The first-order valence-electron chi connectivity index (χ1n) is 7.90. The Kier molecular flexibility index (Phi) is 6.03. The average molecular weight is 362 g/mol. The number of nitrogens with one attached hydrogen (secondary N) is 2. The van der Waals surface area contributed by atoms with Crippen molar-refractivity contribution in [3.63, 3.8) is 0 Å². The third-order valence-corrected chi connectivity index (χ3v) is 3.89. The van der Waals surface area contributed by atoms with Crippen LogP contribution in [0.1, 0.15) is 27.7 Å². The van der Waals surface area contributed by atoms with E-state index in [0.717, 1.165) is 10.4 Å². The molecule has 0 atom stereocenters. The van der Waals surface area contributed by atoms with Crippen LogP contribution in [-0.2, 0) is 9.47 Å². The second-order valence-corrected chi connectivity index (χ2v) is 7.16. The van der Waals surface area contributed by atoms with Gasteiger partial charge >= 0.3 is 12.2 Å². The highest BCUT2D eigenvalue weighted by atomic mass is 32.1. The molecule has 0 bridgehead atoms. The zero-order valence-electron chi connectivity index (χ0n) is 14.7. The third-order valence-electron chi connectivity index (χ3n) is 2.97. The van der Waals surface area contributed by atoms with Crippen molar-refractivity contribution in [1.29, 1.82) is 0 Å². The number of carbonyl (C=O) groups excluding carboxylic acids is 2. The highest BCUT2D eigenvalue weighted by Crippen LogP contribution is 2.32. The molecule has 0 saturated carbocycles. The first-order valence-corrected chi connectivity index (χ1v) is 8.78. The largest absolute Gasteiger partial charge is 0.450 e. The van der Waals surface area contributed by atoms with Crippen molar-refractivity contribution in [2.45, 2.75) is 33.3 Å². The Morgan fingerprint density at radius 2 is 1.80 bits per heavy atom. The quantitative estimate of drug-likeness (QED) is 0.770. The van der Waals surface area contributed by atoms with Gasteiger partial charge in [0, 0.05) is 4.88 Å². The maximum atomic E-state index is 12.0. The van der Waals surface area contributed by atoms with Gasteiger partial charge in [0.2, 0.25) is 0 Å². The standard InChI is InChI=1S/C18H22N2O4S/c1-5-23-16(21)20-14-11-12(15-7-6-10-25-15)8-9-13(14)19-17(22)24-18(2,3)4/h6-11H,5H2,1-4H3,(H,19,22)(H,20,21). The molecular formula is C18H22N2O4S. The monoisotopic (exact) mass is 362 g/mol. The molecule has 0 saturated heterocycles. The van der Waals surface area contributed by atoms with Crippen molar-refractivity contribution in [3.8, 4) is 10.4 Å². The lowest BCUT2D eigenvalue weighted by Gasteiger charge is -2.20. The van der Waals surface area contributed by atoms with Crippen LogP contribution in [0.5, 0.6) is 0 Å². The number of hydrogen-bond acceptors (Lipinski definition) is 5. The Morgan fingerprint density at radius 1 is 1.08 bits per heavy atom. The zero-order valence-corrected chi connectivity index (χ0v) is 15.5. The summed E-state index contributed by atoms with van der Waals surface area (Å²) in [7, 11) is 0. The molecular weight excluding hydrogens is 340 g/mol. The molecule has 6 nitrogen and oxygen atoms in total. The molecule has 134 valence electrons. The van der Waals surface area contributed by atoms with E-state index >= 15 is 0 Å². The molecule has 2 aromatic rings. The normalized spacial score (nSPS) is 10.9. The van der Waals surface area contributed by atoms with E-state index in [0.29, 0.717) is 11.4 Å². The second kappa shape index (κ2) is 8.02. The summed E-state index contributed by atoms with van der Waals surface area (Å²) in [4.78, 5) is 24.9. The molecule has 1 aromatic heterocycles. The Balaban J connectivity index is 2.27. The van der Waals surface area contributed by atoms with Crippen LogP contribution in [-0.4, -0.2) is 24.4 Å². The van der Waals surface area contributed by atoms with Crippen molar-refractivity contribution < 1.29 is 19.1 Å². The summed E-state index contributed by atoms with van der Waals surface area (Å²) in [5.41, 5.74) is 1.18. The summed E-state index contributed by atoms with van der Waals surface area (Å²) in [6.07, 6.45) is -1.18. The number of benzene rings is 1. The summed E-state index contributed by atoms with van der Waals surface area (Å²) in [5.74, 6) is 0. The van der Waals surface area contributed by atoms with E-state index in [-0.39, 0.29) is 6.61 Å². The summed E-state index contributed by atoms with van der Waals surface area (Å²) in [6, 6.07) is 9.31. The predicted molar refractivity (Wildman–Crippen MR) is 100 cm³/mol. The summed E-state index contributed by atoms with van der Waals surface area (Å²) in [6.45, 7) is 7.32. The van der Waals surface area contributed by atoms with Gasteiger partial charge in [0.15, 0.2) is 0 Å². The molecule has 1 heterocycles. The fourth-order valence-corrected chi connectivity index (χ4v) is 2.77. The molecule has 2 amide bonds. The van der Waals surface area contributed by atoms with Crippen molar-refractivity contribution in [3.05, 3.63) is 35.7 Å². The molecule has 0 unspecified atom stereocenters. The number of hydrogen-bond donors (Lipinski definition) is 2. The highest BCUT2D eigenvalue weighted by molar-refractivity contribution is 7.13. The van der Waals surface area contributed by atoms with Crippen LogP contribution >= 0.6 is 11.3 Å². The molecule has 0 aliphatic heterocycles. The summed E-state index contributed by atoms with van der Waals surface area (Å²) >= 11 is 1.59. The molecule has 7 heteroatoms. The van der Waals surface area contributed by atoms with Crippen molar-refractivity contribution in [2.24, 2.45) is 0 Å². The molecule has 0 aliphatic carbocycles. The minimum absolute atomic E-state index is 0.255. The Hall–Kier alpha value is -2.54. The van der Waals surface area contributed by atoms with Gasteiger partial charge in [0.05, 0.1) is 18.0 Å². The van der Waals surface area contributed by atoms with Gasteiger partial charge in [-0.3, -0.25) is 10.6 Å². The molecule has 0 aliphatic rings. The van der Waals surface area contributed by atoms with Crippen LogP contribution in [0.25, 0.3) is 10.4 Å². The summed E-state index contributed by atoms with van der Waals surface area (Å²) in [5, 5.41) is 7.29. The van der Waals surface area contributed by atoms with Gasteiger partial charge in [0.1, 0.15) is 5.60 Å². The zero-order chi connectivity index (χ0) is 18.4. The minimum atomic E-state index is -0.615. The predicted octanol–water partition coefficient (Wildman–Crippen LogP) is 5.33. The lowest BCUT2D eigenvalue weighted by atomic mass is 10.1. The highest BCUT2D eigenvalue weighted by Gasteiger charge is 2.18. The first-order chi connectivity index (χ1) is 11.8. The number of carbonyl (C=O) groups is 2. The minimum Gasteiger partial charge on any atom is -0.450 e. The number of amides is 2. The fourth-order valence-electron chi connectivity index (χ4n) is 2.04. The van der Waals surface area contributed by atoms with Gasteiger partial charge in [-0.25, -0.2) is 9.59 Å². The second-order valence-electron chi connectivity index (χ2n) is 6.21. The lowest BCUT2D eigenvalue weighted by Crippen LogP contribution is -2.27. The van der Waals surface area contributed by atoms with Crippen LogP contribution < -0.4 is 10.6 Å². The Bertz CT molecular complexity index is 736. The van der Waals surface area contributed by atoms with Crippen LogP contribution in [0.3, 0.4) is 0 Å². The van der Waals surface area contributed by atoms with Crippen LogP contribution in [0.15, 0.2) is 35.7 Å². The van der Waals surface area contributed by atoms with E-state index in [4.69, 9.17) is 9.47 Å². The maximum absolute atomic E-state index is 12.0. The molecule has 0 fully saturated rings. The SMILES string of the molecule is CCOC(=O)Nc1cc(-c2cccs2)ccc1NC(=O)OC(C)(C)C.